The molecule has 1 unspecified atom stereocenters. The van der Waals surface area contributed by atoms with E-state index in [0.29, 0.717) is 11.5 Å². The van der Waals surface area contributed by atoms with Crippen LogP contribution in [-0.4, -0.2) is 55.7 Å². The minimum absolute atomic E-state index is 0.137. The number of nitrogens with one attached hydrogen (secondary N) is 1. The van der Waals surface area contributed by atoms with E-state index >= 15 is 0 Å². The van der Waals surface area contributed by atoms with Crippen molar-refractivity contribution >= 4 is 29.5 Å². The van der Waals surface area contributed by atoms with Crippen LogP contribution in [0, 0.1) is 0 Å². The van der Waals surface area contributed by atoms with Crippen molar-refractivity contribution in [1.82, 2.24) is 10.2 Å². The Kier molecular flexibility index (Phi) is 7.77. The van der Waals surface area contributed by atoms with Gasteiger partial charge in [-0.1, -0.05) is 36.4 Å². The number of nitrogens with zero attached hydrogens (tertiary/aromatic N) is 1. The van der Waals surface area contributed by atoms with E-state index in [0.717, 1.165) is 11.1 Å². The van der Waals surface area contributed by atoms with E-state index in [-0.39, 0.29) is 36.7 Å². The fraction of sp³-hybridized carbons (Fsp3) is 0.318. The summed E-state index contributed by atoms with van der Waals surface area (Å²) >= 11 is 1.42. The second-order valence-corrected chi connectivity index (χ2v) is 7.79. The van der Waals surface area contributed by atoms with Crippen LogP contribution in [0.4, 0.5) is 0 Å². The number of thioether (sulfide) groups is 1. The third kappa shape index (κ3) is 5.91. The SMILES string of the molecule is COc1ccc(C2SCC(=O)N2CC(=O)NCC(=O)OCc2ccccc2)cc1OC. The molecule has 1 fully saturated rings. The van der Waals surface area contributed by atoms with E-state index in [4.69, 9.17) is 14.2 Å². The van der Waals surface area contributed by atoms with Gasteiger partial charge in [-0.25, -0.2) is 0 Å². The molecule has 164 valence electrons. The Bertz CT molecular complexity index is 937. The zero-order valence-electron chi connectivity index (χ0n) is 17.3. The lowest BCUT2D eigenvalue weighted by Gasteiger charge is -2.24. The molecule has 1 aliphatic heterocycles. The first-order valence-corrected chi connectivity index (χ1v) is 10.7. The number of esters is 1. The zero-order valence-corrected chi connectivity index (χ0v) is 18.1. The second kappa shape index (κ2) is 10.7. The van der Waals surface area contributed by atoms with E-state index in [2.05, 4.69) is 5.32 Å². The van der Waals surface area contributed by atoms with Crippen molar-refractivity contribution in [2.24, 2.45) is 0 Å². The fourth-order valence-corrected chi connectivity index (χ4v) is 4.26. The molecule has 0 aliphatic carbocycles. The van der Waals surface area contributed by atoms with E-state index in [1.54, 1.807) is 19.2 Å². The Morgan fingerprint density at radius 1 is 1.10 bits per heavy atom. The lowest BCUT2D eigenvalue weighted by molar-refractivity contribution is -0.145. The number of hydrogen-bond acceptors (Lipinski definition) is 7. The van der Waals surface area contributed by atoms with Gasteiger partial charge in [0, 0.05) is 0 Å². The molecule has 0 aromatic heterocycles. The Morgan fingerprint density at radius 2 is 1.84 bits per heavy atom. The molecule has 1 heterocycles. The molecule has 0 saturated carbocycles. The molecule has 3 rings (SSSR count). The molecule has 0 spiro atoms. The summed E-state index contributed by atoms with van der Waals surface area (Å²) in [4.78, 5) is 38.1. The van der Waals surface area contributed by atoms with E-state index in [1.165, 1.54) is 23.8 Å². The average molecular weight is 445 g/mol. The number of carbonyl (C=O) groups excluding carboxylic acids is 3. The minimum Gasteiger partial charge on any atom is -0.493 e. The lowest BCUT2D eigenvalue weighted by atomic mass is 10.1. The molecule has 31 heavy (non-hydrogen) atoms. The first-order valence-electron chi connectivity index (χ1n) is 9.61. The molecule has 9 heteroatoms. The first-order chi connectivity index (χ1) is 15.0. The lowest BCUT2D eigenvalue weighted by Crippen LogP contribution is -2.41. The van der Waals surface area contributed by atoms with Crippen molar-refractivity contribution in [2.45, 2.75) is 12.0 Å². The summed E-state index contributed by atoms with van der Waals surface area (Å²) in [6.45, 7) is -0.281. The topological polar surface area (TPSA) is 94.2 Å². The summed E-state index contributed by atoms with van der Waals surface area (Å²) in [6, 6.07) is 14.7. The molecule has 2 aromatic carbocycles. The predicted octanol–water partition coefficient (Wildman–Crippen LogP) is 2.14. The second-order valence-electron chi connectivity index (χ2n) is 6.72. The van der Waals surface area contributed by atoms with Gasteiger partial charge < -0.3 is 24.4 Å². The highest BCUT2D eigenvalue weighted by Crippen LogP contribution is 2.41. The molecule has 1 aliphatic rings. The van der Waals surface area contributed by atoms with Crippen molar-refractivity contribution in [3.05, 3.63) is 59.7 Å². The van der Waals surface area contributed by atoms with Gasteiger partial charge >= 0.3 is 5.97 Å². The number of carbonyl (C=O) groups is 3. The quantitative estimate of drug-likeness (QED) is 0.592. The minimum atomic E-state index is -0.546. The molecule has 2 amide bonds. The highest BCUT2D eigenvalue weighted by molar-refractivity contribution is 8.00. The van der Waals surface area contributed by atoms with Gasteiger partial charge in [0.05, 0.1) is 20.0 Å². The van der Waals surface area contributed by atoms with Crippen LogP contribution in [0.25, 0.3) is 0 Å². The monoisotopic (exact) mass is 444 g/mol. The maximum absolute atomic E-state index is 12.4. The van der Waals surface area contributed by atoms with Crippen LogP contribution in [-0.2, 0) is 25.7 Å². The molecule has 1 saturated heterocycles. The van der Waals surface area contributed by atoms with Gasteiger partial charge in [0.25, 0.3) is 0 Å². The number of ether oxygens (including phenoxy) is 3. The van der Waals surface area contributed by atoms with Crippen LogP contribution < -0.4 is 14.8 Å². The van der Waals surface area contributed by atoms with Gasteiger partial charge in [0.15, 0.2) is 11.5 Å². The van der Waals surface area contributed by atoms with Gasteiger partial charge in [-0.2, -0.15) is 0 Å². The molecule has 0 bridgehead atoms. The van der Waals surface area contributed by atoms with E-state index < -0.39 is 11.9 Å². The number of hydrogen-bond donors (Lipinski definition) is 1. The average Bonchev–Trinajstić information content (AvgIpc) is 3.16. The molecule has 1 N–H and O–H groups in total. The standard InChI is InChI=1S/C22H24N2O6S/c1-28-17-9-8-16(10-18(17)29-2)22-24(20(26)14-31-22)12-19(25)23-11-21(27)30-13-15-6-4-3-5-7-15/h3-10,22H,11-14H2,1-2H3,(H,23,25). The maximum atomic E-state index is 12.4. The van der Waals surface area contributed by atoms with Gasteiger partial charge in [0.2, 0.25) is 11.8 Å². The van der Waals surface area contributed by atoms with Gasteiger partial charge in [0.1, 0.15) is 25.1 Å². The molecular weight excluding hydrogens is 420 g/mol. The van der Waals surface area contributed by atoms with E-state index in [9.17, 15) is 14.4 Å². The summed E-state index contributed by atoms with van der Waals surface area (Å²) in [6.07, 6.45) is 0. The number of benzene rings is 2. The van der Waals surface area contributed by atoms with Gasteiger partial charge in [-0.3, -0.25) is 14.4 Å². The molecule has 8 nitrogen and oxygen atoms in total. The van der Waals surface area contributed by atoms with Crippen LogP contribution in [0.1, 0.15) is 16.5 Å². The zero-order chi connectivity index (χ0) is 22.2. The summed E-state index contributed by atoms with van der Waals surface area (Å²) < 4.78 is 15.7. The van der Waals surface area contributed by atoms with E-state index in [1.807, 2.05) is 36.4 Å². The van der Waals surface area contributed by atoms with Gasteiger partial charge in [-0.15, -0.1) is 11.8 Å². The van der Waals surface area contributed by atoms with Crippen LogP contribution in [0.15, 0.2) is 48.5 Å². The van der Waals surface area contributed by atoms with Crippen molar-refractivity contribution in [3.8, 4) is 11.5 Å². The predicted molar refractivity (Wildman–Crippen MR) is 116 cm³/mol. The highest BCUT2D eigenvalue weighted by Gasteiger charge is 2.34. The van der Waals surface area contributed by atoms with Crippen molar-refractivity contribution < 1.29 is 28.6 Å². The maximum Gasteiger partial charge on any atom is 0.325 e. The molecule has 1 atom stereocenters. The third-order valence-corrected chi connectivity index (χ3v) is 5.90. The van der Waals surface area contributed by atoms with Crippen LogP contribution in [0.5, 0.6) is 11.5 Å². The van der Waals surface area contributed by atoms with Crippen molar-refractivity contribution in [2.75, 3.05) is 33.1 Å². The Morgan fingerprint density at radius 3 is 2.55 bits per heavy atom. The van der Waals surface area contributed by atoms with Crippen LogP contribution in [0.3, 0.4) is 0 Å². The van der Waals surface area contributed by atoms with Gasteiger partial charge in [-0.05, 0) is 23.3 Å². The third-order valence-electron chi connectivity index (χ3n) is 4.65. The molecule has 2 aromatic rings. The highest BCUT2D eigenvalue weighted by atomic mass is 32.2. The first kappa shape index (κ1) is 22.5. The summed E-state index contributed by atoms with van der Waals surface area (Å²) in [7, 11) is 3.09. The van der Waals surface area contributed by atoms with Crippen molar-refractivity contribution in [3.63, 3.8) is 0 Å². The Labute approximate surface area is 184 Å². The fourth-order valence-electron chi connectivity index (χ4n) is 3.08. The Balaban J connectivity index is 1.54. The number of amides is 2. The molecule has 0 radical (unpaired) electrons. The smallest absolute Gasteiger partial charge is 0.325 e. The Hall–Kier alpha value is -3.20. The largest absolute Gasteiger partial charge is 0.493 e. The van der Waals surface area contributed by atoms with Crippen LogP contribution >= 0.6 is 11.8 Å². The summed E-state index contributed by atoms with van der Waals surface area (Å²) in [5.41, 5.74) is 1.68. The van der Waals surface area contributed by atoms with Crippen LogP contribution in [0.2, 0.25) is 0 Å². The number of rotatable bonds is 9. The number of methoxy groups -OCH3 is 2. The molecular formula is C22H24N2O6S. The van der Waals surface area contributed by atoms with Crippen molar-refractivity contribution in [1.29, 1.82) is 0 Å². The summed E-state index contributed by atoms with van der Waals surface area (Å²) in [5.74, 6) is 0.274. The normalized spacial score (nSPS) is 15.5. The summed E-state index contributed by atoms with van der Waals surface area (Å²) in [5, 5.41) is 2.19.